The first-order chi connectivity index (χ1) is 12.1. The van der Waals surface area contributed by atoms with Gasteiger partial charge in [0, 0.05) is 0 Å². The number of nitrogens with zero attached hydrogens (tertiary/aromatic N) is 1. The zero-order valence-corrected chi connectivity index (χ0v) is 17.0. The van der Waals surface area contributed by atoms with E-state index in [1.54, 1.807) is 0 Å². The first-order valence-electron chi connectivity index (χ1n) is 10.1. The molecule has 0 amide bonds. The molecule has 0 aliphatic rings. The van der Waals surface area contributed by atoms with E-state index in [9.17, 15) is 9.46 Å². The van der Waals surface area contributed by atoms with Gasteiger partial charge in [0.05, 0.1) is 25.7 Å². The van der Waals surface area contributed by atoms with Crippen molar-refractivity contribution in [1.82, 2.24) is 0 Å². The second-order valence-electron chi connectivity index (χ2n) is 6.64. The van der Waals surface area contributed by atoms with Crippen molar-refractivity contribution >= 4 is 7.82 Å². The second kappa shape index (κ2) is 18.4. The van der Waals surface area contributed by atoms with Crippen LogP contribution in [0.5, 0.6) is 0 Å². The van der Waals surface area contributed by atoms with E-state index < -0.39 is 7.82 Å². The third kappa shape index (κ3) is 19.8. The van der Waals surface area contributed by atoms with Gasteiger partial charge in [-0.3, -0.25) is 9.05 Å². The first kappa shape index (κ1) is 24.6. The summed E-state index contributed by atoms with van der Waals surface area (Å²) >= 11 is 0. The first-order valence-corrected chi connectivity index (χ1v) is 11.6. The molecule has 0 aromatic carbocycles. The maximum Gasteiger partial charge on any atom is 0.472 e. The summed E-state index contributed by atoms with van der Waals surface area (Å²) in [7, 11) is -3.96. The van der Waals surface area contributed by atoms with Crippen LogP contribution in [-0.4, -0.2) is 18.1 Å². The van der Waals surface area contributed by atoms with Crippen LogP contribution in [0.1, 0.15) is 103 Å². The Labute approximate surface area is 154 Å². The molecule has 0 aliphatic heterocycles. The standard InChI is InChI=1S/C19H38NO4P/c1-2-3-4-5-6-7-8-9-10-11-12-13-14-15-18-23-25(21,22)24-19-16-17-20/h2-16,18-19H2,1H3,(H,21,22). The molecule has 0 heterocycles. The Morgan fingerprint density at radius 1 is 0.760 bits per heavy atom. The van der Waals surface area contributed by atoms with Crippen molar-refractivity contribution in [3.63, 3.8) is 0 Å². The molecule has 0 aromatic rings. The molecule has 148 valence electrons. The number of hydrogen-bond acceptors (Lipinski definition) is 4. The lowest BCUT2D eigenvalue weighted by Gasteiger charge is -2.10. The minimum absolute atomic E-state index is 0.0665. The largest absolute Gasteiger partial charge is 0.472 e. The molecule has 0 bridgehead atoms. The number of nitriles is 1. The molecule has 0 saturated carbocycles. The number of hydrogen-bond donors (Lipinski definition) is 1. The predicted molar refractivity (Wildman–Crippen MR) is 102 cm³/mol. The van der Waals surface area contributed by atoms with Crippen molar-refractivity contribution < 1.29 is 18.5 Å². The third-order valence-corrected chi connectivity index (χ3v) is 5.24. The van der Waals surface area contributed by atoms with Crippen molar-refractivity contribution in [2.75, 3.05) is 13.2 Å². The van der Waals surface area contributed by atoms with Gasteiger partial charge in [-0.15, -0.1) is 0 Å². The fourth-order valence-corrected chi connectivity index (χ4v) is 3.48. The molecule has 0 fully saturated rings. The van der Waals surface area contributed by atoms with Crippen LogP contribution in [0.25, 0.3) is 0 Å². The van der Waals surface area contributed by atoms with Crippen molar-refractivity contribution in [2.24, 2.45) is 0 Å². The monoisotopic (exact) mass is 375 g/mol. The van der Waals surface area contributed by atoms with E-state index in [2.05, 4.69) is 11.4 Å². The lowest BCUT2D eigenvalue weighted by atomic mass is 10.0. The van der Waals surface area contributed by atoms with Crippen LogP contribution in [-0.2, 0) is 13.6 Å². The molecule has 25 heavy (non-hydrogen) atoms. The van der Waals surface area contributed by atoms with Crippen molar-refractivity contribution in [3.8, 4) is 6.07 Å². The summed E-state index contributed by atoms with van der Waals surface area (Å²) in [6.45, 7) is 2.42. The van der Waals surface area contributed by atoms with Crippen molar-refractivity contribution in [1.29, 1.82) is 5.26 Å². The van der Waals surface area contributed by atoms with Gasteiger partial charge in [0.2, 0.25) is 0 Å². The van der Waals surface area contributed by atoms with Gasteiger partial charge in [0.1, 0.15) is 0 Å². The van der Waals surface area contributed by atoms with Crippen LogP contribution in [0.2, 0.25) is 0 Å². The molecule has 0 radical (unpaired) electrons. The highest BCUT2D eigenvalue weighted by molar-refractivity contribution is 7.47. The van der Waals surface area contributed by atoms with Crippen LogP contribution < -0.4 is 0 Å². The number of unbranched alkanes of at least 4 members (excludes halogenated alkanes) is 13. The topological polar surface area (TPSA) is 79.6 Å². The van der Waals surface area contributed by atoms with Gasteiger partial charge in [0.25, 0.3) is 0 Å². The van der Waals surface area contributed by atoms with Gasteiger partial charge >= 0.3 is 7.82 Å². The molecule has 6 heteroatoms. The molecule has 1 unspecified atom stereocenters. The highest BCUT2D eigenvalue weighted by atomic mass is 31.2. The summed E-state index contributed by atoms with van der Waals surface area (Å²) in [5.41, 5.74) is 0. The molecule has 1 atom stereocenters. The Kier molecular flexibility index (Phi) is 18.1. The quantitative estimate of drug-likeness (QED) is 0.205. The Balaban J connectivity index is 3.21. The number of phosphoric acid groups is 1. The van der Waals surface area contributed by atoms with E-state index in [0.29, 0.717) is 0 Å². The maximum atomic E-state index is 11.4. The molecule has 1 N–H and O–H groups in total. The van der Waals surface area contributed by atoms with Crippen molar-refractivity contribution in [2.45, 2.75) is 103 Å². The number of phosphoric ester groups is 1. The summed E-state index contributed by atoms with van der Waals surface area (Å²) < 4.78 is 20.9. The summed E-state index contributed by atoms with van der Waals surface area (Å²) in [6.07, 6.45) is 17.9. The van der Waals surface area contributed by atoms with Crippen LogP contribution in [0.15, 0.2) is 0 Å². The molecule has 0 rings (SSSR count). The smallest absolute Gasteiger partial charge is 0.302 e. The second-order valence-corrected chi connectivity index (χ2v) is 8.09. The Bertz CT molecular complexity index is 371. The molecular formula is C19H38NO4P. The van der Waals surface area contributed by atoms with Gasteiger partial charge in [-0.2, -0.15) is 5.26 Å². The molecule has 0 aliphatic carbocycles. The Morgan fingerprint density at radius 3 is 1.60 bits per heavy atom. The van der Waals surface area contributed by atoms with Crippen molar-refractivity contribution in [3.05, 3.63) is 0 Å². The third-order valence-electron chi connectivity index (χ3n) is 4.22. The summed E-state index contributed by atoms with van der Waals surface area (Å²) in [6, 6.07) is 1.85. The van der Waals surface area contributed by atoms with Crippen LogP contribution in [0, 0.1) is 11.3 Å². The fourth-order valence-electron chi connectivity index (χ4n) is 2.72. The minimum Gasteiger partial charge on any atom is -0.302 e. The van der Waals surface area contributed by atoms with Crippen LogP contribution >= 0.6 is 7.82 Å². The van der Waals surface area contributed by atoms with Gasteiger partial charge in [0.15, 0.2) is 0 Å². The summed E-state index contributed by atoms with van der Waals surface area (Å²) in [5.74, 6) is 0. The molecule has 0 saturated heterocycles. The highest BCUT2D eigenvalue weighted by Gasteiger charge is 2.19. The predicted octanol–water partition coefficient (Wildman–Crippen LogP) is 6.51. The van der Waals surface area contributed by atoms with E-state index in [-0.39, 0.29) is 19.6 Å². The lowest BCUT2D eigenvalue weighted by Crippen LogP contribution is -1.98. The van der Waals surface area contributed by atoms with E-state index in [0.717, 1.165) is 19.3 Å². The van der Waals surface area contributed by atoms with E-state index >= 15 is 0 Å². The zero-order valence-electron chi connectivity index (χ0n) is 16.1. The van der Waals surface area contributed by atoms with E-state index in [4.69, 9.17) is 9.79 Å². The van der Waals surface area contributed by atoms with E-state index in [1.165, 1.54) is 70.6 Å². The minimum atomic E-state index is -3.96. The zero-order chi connectivity index (χ0) is 18.6. The summed E-state index contributed by atoms with van der Waals surface area (Å²) in [4.78, 5) is 9.35. The van der Waals surface area contributed by atoms with E-state index in [1.807, 2.05) is 6.07 Å². The molecule has 0 aromatic heterocycles. The SMILES string of the molecule is CCCCCCCCCCCCCCCCOP(=O)(O)OCCC#N. The van der Waals surface area contributed by atoms with Crippen LogP contribution in [0.4, 0.5) is 0 Å². The fraction of sp³-hybridized carbons (Fsp3) is 0.947. The van der Waals surface area contributed by atoms with Gasteiger partial charge < -0.3 is 4.89 Å². The lowest BCUT2D eigenvalue weighted by molar-refractivity contribution is 0.149. The Hall–Kier alpha value is -0.400. The van der Waals surface area contributed by atoms with Gasteiger partial charge in [-0.25, -0.2) is 4.57 Å². The van der Waals surface area contributed by atoms with Gasteiger partial charge in [-0.1, -0.05) is 90.4 Å². The molecule has 5 nitrogen and oxygen atoms in total. The van der Waals surface area contributed by atoms with Crippen LogP contribution in [0.3, 0.4) is 0 Å². The molecular weight excluding hydrogens is 337 g/mol. The average molecular weight is 375 g/mol. The number of rotatable bonds is 19. The summed E-state index contributed by atoms with van der Waals surface area (Å²) in [5, 5.41) is 8.34. The highest BCUT2D eigenvalue weighted by Crippen LogP contribution is 2.43. The maximum absolute atomic E-state index is 11.4. The Morgan fingerprint density at radius 2 is 1.16 bits per heavy atom. The van der Waals surface area contributed by atoms with Gasteiger partial charge in [-0.05, 0) is 6.42 Å². The molecule has 0 spiro atoms. The normalized spacial score (nSPS) is 13.5. The average Bonchev–Trinajstić information content (AvgIpc) is 2.58.